The van der Waals surface area contributed by atoms with Gasteiger partial charge < -0.3 is 10.2 Å². The molecule has 0 saturated carbocycles. The fourth-order valence-electron chi connectivity index (χ4n) is 0.945. The molecule has 0 radical (unpaired) electrons. The predicted octanol–water partition coefficient (Wildman–Crippen LogP) is 2.57. The van der Waals surface area contributed by atoms with Gasteiger partial charge in [-0.1, -0.05) is 7.43 Å². The van der Waals surface area contributed by atoms with Gasteiger partial charge >= 0.3 is 27.5 Å². The SMILES string of the molecule is C.Cl.Oc1ccc(N=Nc2ncn[nH]2)c(O)c1.[O]=[Zr]. The summed E-state index contributed by atoms with van der Waals surface area (Å²) < 4.78 is 8.34. The quantitative estimate of drug-likeness (QED) is 0.706. The first kappa shape index (κ1) is 19.9. The number of nitrogens with one attached hydrogen (secondary N) is 1. The van der Waals surface area contributed by atoms with Crippen molar-refractivity contribution in [3.63, 3.8) is 0 Å². The van der Waals surface area contributed by atoms with E-state index >= 15 is 0 Å². The van der Waals surface area contributed by atoms with E-state index in [0.29, 0.717) is 24.7 Å². The number of H-pyrrole nitrogens is 1. The first-order valence-electron chi connectivity index (χ1n) is 4.25. The first-order chi connectivity index (χ1) is 8.25. The third-order valence-corrected chi connectivity index (χ3v) is 1.61. The van der Waals surface area contributed by atoms with Crippen molar-refractivity contribution in [2.75, 3.05) is 0 Å². The second-order valence-corrected chi connectivity index (χ2v) is 2.68. The first-order valence-corrected chi connectivity index (χ1v) is 5.25. The van der Waals surface area contributed by atoms with Crippen molar-refractivity contribution < 1.29 is 37.7 Å². The molecule has 8 nitrogen and oxygen atoms in total. The summed E-state index contributed by atoms with van der Waals surface area (Å²) in [6.07, 6.45) is 1.30. The van der Waals surface area contributed by atoms with E-state index in [0.717, 1.165) is 0 Å². The Morgan fingerprint density at radius 2 is 1.89 bits per heavy atom. The van der Waals surface area contributed by atoms with E-state index < -0.39 is 0 Å². The van der Waals surface area contributed by atoms with E-state index in [1.807, 2.05) is 0 Å². The fraction of sp³-hybridized carbons (Fsp3) is 0.111. The molecule has 0 amide bonds. The van der Waals surface area contributed by atoms with Gasteiger partial charge in [-0.25, -0.2) is 5.10 Å². The Balaban J connectivity index is 0. The molecule has 102 valence electrons. The van der Waals surface area contributed by atoms with E-state index in [9.17, 15) is 5.11 Å². The van der Waals surface area contributed by atoms with Crippen LogP contribution in [0.1, 0.15) is 7.43 Å². The Morgan fingerprint density at radius 3 is 2.42 bits per heavy atom. The van der Waals surface area contributed by atoms with Crippen molar-refractivity contribution >= 4 is 24.0 Å². The maximum absolute atomic E-state index is 9.36. The summed E-state index contributed by atoms with van der Waals surface area (Å²) >= 11 is 0.300. The van der Waals surface area contributed by atoms with Gasteiger partial charge in [0.25, 0.3) is 5.95 Å². The number of hydrogen-bond donors (Lipinski definition) is 3. The zero-order valence-electron chi connectivity index (χ0n) is 8.81. The Kier molecular flexibility index (Phi) is 10.9. The summed E-state index contributed by atoms with van der Waals surface area (Å²) in [5.74, 6) is 0.0480. The normalized spacial score (nSPS) is 8.79. The molecule has 1 heterocycles. The average molecular weight is 365 g/mol. The summed E-state index contributed by atoms with van der Waals surface area (Å²) in [6, 6.07) is 4.01. The van der Waals surface area contributed by atoms with Gasteiger partial charge in [0.1, 0.15) is 23.5 Å². The average Bonchev–Trinajstić information content (AvgIpc) is 2.84. The molecular formula is C9H12ClN5O3Zr. The zero-order valence-corrected chi connectivity index (χ0v) is 12.1. The third-order valence-electron chi connectivity index (χ3n) is 1.61. The Bertz CT molecular complexity index is 509. The molecule has 0 fully saturated rings. The van der Waals surface area contributed by atoms with Gasteiger partial charge in [0.05, 0.1) is 0 Å². The van der Waals surface area contributed by atoms with Gasteiger partial charge in [-0.2, -0.15) is 10.1 Å². The molecule has 0 atom stereocenters. The molecule has 1 aromatic carbocycles. The molecule has 2 aromatic rings. The van der Waals surface area contributed by atoms with Crippen molar-refractivity contribution in [1.82, 2.24) is 15.2 Å². The van der Waals surface area contributed by atoms with Crippen LogP contribution in [0.15, 0.2) is 34.8 Å². The molecule has 2 rings (SSSR count). The number of rotatable bonds is 2. The van der Waals surface area contributed by atoms with Crippen molar-refractivity contribution in [1.29, 1.82) is 0 Å². The number of nitrogens with zero attached hydrogens (tertiary/aromatic N) is 4. The van der Waals surface area contributed by atoms with Crippen LogP contribution in [-0.2, 0) is 27.5 Å². The monoisotopic (exact) mass is 363 g/mol. The number of aromatic amines is 1. The zero-order chi connectivity index (χ0) is 12.7. The number of aromatic hydroxyl groups is 2. The molecule has 19 heavy (non-hydrogen) atoms. The van der Waals surface area contributed by atoms with Crippen LogP contribution in [0.2, 0.25) is 0 Å². The number of phenolic OH excluding ortho intramolecular Hbond substituents is 2. The summed E-state index contributed by atoms with van der Waals surface area (Å²) in [5, 5.41) is 31.9. The molecule has 0 aliphatic carbocycles. The molecular weight excluding hydrogens is 353 g/mol. The number of benzene rings is 1. The minimum absolute atomic E-state index is 0. The van der Waals surface area contributed by atoms with E-state index in [2.05, 4.69) is 25.4 Å². The third kappa shape index (κ3) is 6.31. The van der Waals surface area contributed by atoms with Crippen LogP contribution in [0.25, 0.3) is 0 Å². The Labute approximate surface area is 130 Å². The van der Waals surface area contributed by atoms with Crippen molar-refractivity contribution in [2.45, 2.75) is 7.43 Å². The van der Waals surface area contributed by atoms with Gasteiger partial charge in [0.2, 0.25) is 0 Å². The summed E-state index contributed by atoms with van der Waals surface area (Å²) in [4.78, 5) is 3.72. The molecule has 10 heteroatoms. The van der Waals surface area contributed by atoms with Crippen molar-refractivity contribution in [2.24, 2.45) is 10.2 Å². The summed E-state index contributed by atoms with van der Waals surface area (Å²) in [7, 11) is 0. The van der Waals surface area contributed by atoms with E-state index in [-0.39, 0.29) is 43.0 Å². The molecule has 0 saturated heterocycles. The standard InChI is InChI=1S/C8H7N5O2.CH4.ClH.O.Zr/c14-5-1-2-6(7(15)3-5)11-13-8-9-4-10-12-8;;;;/h1-4,14-15H,(H,9,10,12);1H4;1H;;. The van der Waals surface area contributed by atoms with Crippen LogP contribution < -0.4 is 0 Å². The van der Waals surface area contributed by atoms with Crippen LogP contribution in [-0.4, -0.2) is 25.4 Å². The van der Waals surface area contributed by atoms with E-state index in [4.69, 9.17) is 7.92 Å². The Hall–Kier alpha value is -1.47. The second kappa shape index (κ2) is 10.5. The van der Waals surface area contributed by atoms with Crippen LogP contribution >= 0.6 is 12.4 Å². The predicted molar refractivity (Wildman–Crippen MR) is 65.0 cm³/mol. The maximum atomic E-state index is 9.36. The van der Waals surface area contributed by atoms with E-state index in [1.54, 1.807) is 0 Å². The van der Waals surface area contributed by atoms with Gasteiger partial charge in [-0.3, -0.25) is 0 Å². The van der Waals surface area contributed by atoms with Gasteiger partial charge in [-0.15, -0.1) is 22.6 Å². The molecule has 1 aromatic heterocycles. The van der Waals surface area contributed by atoms with Crippen LogP contribution in [0, 0.1) is 0 Å². The number of aromatic nitrogens is 3. The number of halogens is 1. The van der Waals surface area contributed by atoms with Crippen LogP contribution in [0.4, 0.5) is 11.6 Å². The van der Waals surface area contributed by atoms with Crippen LogP contribution in [0.3, 0.4) is 0 Å². The molecule has 0 spiro atoms. The van der Waals surface area contributed by atoms with Gasteiger partial charge in [0, 0.05) is 6.07 Å². The second-order valence-electron chi connectivity index (χ2n) is 2.68. The molecule has 3 N–H and O–H groups in total. The fourth-order valence-corrected chi connectivity index (χ4v) is 0.945. The van der Waals surface area contributed by atoms with E-state index in [1.165, 1.54) is 24.5 Å². The van der Waals surface area contributed by atoms with Crippen LogP contribution in [0.5, 0.6) is 11.5 Å². The summed E-state index contributed by atoms with van der Waals surface area (Å²) in [5.41, 5.74) is 0.240. The number of azo groups is 1. The summed E-state index contributed by atoms with van der Waals surface area (Å²) in [6.45, 7) is 0. The van der Waals surface area contributed by atoms with Crippen molar-refractivity contribution in [3.05, 3.63) is 24.5 Å². The molecule has 0 aliphatic heterocycles. The molecule has 0 aliphatic rings. The Morgan fingerprint density at radius 1 is 1.21 bits per heavy atom. The minimum atomic E-state index is -0.154. The molecule has 0 unspecified atom stereocenters. The molecule has 0 bridgehead atoms. The number of phenols is 2. The van der Waals surface area contributed by atoms with Crippen molar-refractivity contribution in [3.8, 4) is 11.5 Å². The topological polar surface area (TPSA) is 124 Å². The number of hydrogen-bond acceptors (Lipinski definition) is 7. The van der Waals surface area contributed by atoms with Gasteiger partial charge in [0.15, 0.2) is 0 Å². The van der Waals surface area contributed by atoms with Gasteiger partial charge in [-0.05, 0) is 12.1 Å².